The topological polar surface area (TPSA) is 76.3 Å². The highest BCUT2D eigenvalue weighted by atomic mass is 32.2. The van der Waals surface area contributed by atoms with Crippen LogP contribution in [0.15, 0.2) is 23.2 Å². The molecule has 0 radical (unpaired) electrons. The highest BCUT2D eigenvalue weighted by Crippen LogP contribution is 2.20. The Morgan fingerprint density at radius 2 is 2.20 bits per heavy atom. The first-order valence-corrected chi connectivity index (χ1v) is 6.42. The average Bonchev–Trinajstić information content (AvgIpc) is 2.17. The van der Waals surface area contributed by atoms with Gasteiger partial charge >= 0.3 is 0 Å². The van der Waals surface area contributed by atoms with Gasteiger partial charge in [0.05, 0.1) is 0 Å². The molecule has 1 heterocycles. The van der Waals surface area contributed by atoms with Crippen LogP contribution < -0.4 is 10.6 Å². The lowest BCUT2D eigenvalue weighted by molar-refractivity contribution is 0.601. The van der Waals surface area contributed by atoms with Gasteiger partial charge in [0, 0.05) is 32.6 Å². The first-order valence-electron chi connectivity index (χ1n) is 4.53. The van der Waals surface area contributed by atoms with Gasteiger partial charge in [-0.2, -0.15) is 0 Å². The van der Waals surface area contributed by atoms with Crippen LogP contribution in [-0.4, -0.2) is 39.8 Å². The summed E-state index contributed by atoms with van der Waals surface area (Å²) in [5, 5.41) is 0. The Balaban J connectivity index is 3.18. The molecule has 0 saturated heterocycles. The number of rotatable bonds is 4. The summed E-state index contributed by atoms with van der Waals surface area (Å²) in [6.45, 7) is 1.02. The lowest BCUT2D eigenvalue weighted by atomic mass is 10.4. The largest absolute Gasteiger partial charge is 0.357 e. The molecule has 5 nitrogen and oxygen atoms in total. The molecule has 0 fully saturated rings. The third-order valence-corrected chi connectivity index (χ3v) is 3.09. The number of anilines is 1. The van der Waals surface area contributed by atoms with Crippen LogP contribution in [-0.2, 0) is 9.84 Å². The molecule has 0 aliphatic heterocycles. The summed E-state index contributed by atoms with van der Waals surface area (Å²) in [5.41, 5.74) is 5.41. The molecule has 1 aromatic rings. The van der Waals surface area contributed by atoms with Crippen LogP contribution in [0.3, 0.4) is 0 Å². The summed E-state index contributed by atoms with van der Waals surface area (Å²) < 4.78 is 22.9. The Labute approximate surface area is 89.8 Å². The van der Waals surface area contributed by atoms with Crippen molar-refractivity contribution in [3.63, 3.8) is 0 Å². The third-order valence-electron chi connectivity index (χ3n) is 1.98. The predicted molar refractivity (Wildman–Crippen MR) is 59.7 cm³/mol. The van der Waals surface area contributed by atoms with Crippen LogP contribution in [0.25, 0.3) is 0 Å². The molecule has 0 spiro atoms. The van der Waals surface area contributed by atoms with Crippen molar-refractivity contribution in [1.29, 1.82) is 0 Å². The van der Waals surface area contributed by atoms with E-state index < -0.39 is 9.84 Å². The maximum atomic E-state index is 11.5. The van der Waals surface area contributed by atoms with Gasteiger partial charge in [-0.15, -0.1) is 0 Å². The number of sulfone groups is 1. The van der Waals surface area contributed by atoms with Crippen molar-refractivity contribution in [3.8, 4) is 0 Å². The van der Waals surface area contributed by atoms with Crippen LogP contribution in [0.1, 0.15) is 0 Å². The molecule has 15 heavy (non-hydrogen) atoms. The first-order chi connectivity index (χ1) is 6.96. The zero-order valence-corrected chi connectivity index (χ0v) is 9.66. The summed E-state index contributed by atoms with van der Waals surface area (Å²) >= 11 is 0. The van der Waals surface area contributed by atoms with Gasteiger partial charge in [-0.1, -0.05) is 0 Å². The zero-order chi connectivity index (χ0) is 11.5. The van der Waals surface area contributed by atoms with E-state index in [1.165, 1.54) is 6.26 Å². The van der Waals surface area contributed by atoms with Crippen molar-refractivity contribution in [2.75, 3.05) is 31.3 Å². The molecule has 1 aromatic heterocycles. The molecule has 1 rings (SSSR count). The number of nitrogens with zero attached hydrogens (tertiary/aromatic N) is 2. The van der Waals surface area contributed by atoms with Crippen LogP contribution >= 0.6 is 0 Å². The van der Waals surface area contributed by atoms with Gasteiger partial charge in [0.15, 0.2) is 9.84 Å². The van der Waals surface area contributed by atoms with Crippen LogP contribution in [0, 0.1) is 0 Å². The third kappa shape index (κ3) is 2.90. The molecular weight excluding hydrogens is 214 g/mol. The molecule has 0 amide bonds. The lowest BCUT2D eigenvalue weighted by Crippen LogP contribution is -2.27. The van der Waals surface area contributed by atoms with Gasteiger partial charge in [-0.25, -0.2) is 13.4 Å². The SMILES string of the molecule is CN(CCN)c1ncccc1S(C)(=O)=O. The molecule has 6 heteroatoms. The molecule has 0 saturated carbocycles. The number of aromatic nitrogens is 1. The number of pyridine rings is 1. The number of nitrogens with two attached hydrogens (primary N) is 1. The quantitative estimate of drug-likeness (QED) is 0.779. The van der Waals surface area contributed by atoms with E-state index in [-0.39, 0.29) is 4.90 Å². The molecule has 0 aliphatic carbocycles. The van der Waals surface area contributed by atoms with Crippen molar-refractivity contribution in [3.05, 3.63) is 18.3 Å². The maximum Gasteiger partial charge on any atom is 0.179 e. The summed E-state index contributed by atoms with van der Waals surface area (Å²) in [7, 11) is -1.47. The number of hydrogen-bond donors (Lipinski definition) is 1. The van der Waals surface area contributed by atoms with Gasteiger partial charge < -0.3 is 10.6 Å². The Morgan fingerprint density at radius 1 is 1.53 bits per heavy atom. The van der Waals surface area contributed by atoms with Gasteiger partial charge in [0.1, 0.15) is 10.7 Å². The van der Waals surface area contributed by atoms with Crippen molar-refractivity contribution in [2.24, 2.45) is 5.73 Å². The minimum atomic E-state index is -3.24. The smallest absolute Gasteiger partial charge is 0.179 e. The predicted octanol–water partition coefficient (Wildman–Crippen LogP) is -0.120. The Hall–Kier alpha value is -1.14. The highest BCUT2D eigenvalue weighted by molar-refractivity contribution is 7.90. The van der Waals surface area contributed by atoms with E-state index in [1.54, 1.807) is 30.3 Å². The molecule has 0 aliphatic rings. The van der Waals surface area contributed by atoms with Crippen molar-refractivity contribution in [1.82, 2.24) is 4.98 Å². The summed E-state index contributed by atoms with van der Waals surface area (Å²) in [6.07, 6.45) is 2.74. The summed E-state index contributed by atoms with van der Waals surface area (Å²) in [6, 6.07) is 3.15. The molecule has 0 aromatic carbocycles. The summed E-state index contributed by atoms with van der Waals surface area (Å²) in [5.74, 6) is 0.449. The first kappa shape index (κ1) is 11.9. The number of likely N-dealkylation sites (N-methyl/N-ethyl adjacent to an activating group) is 1. The zero-order valence-electron chi connectivity index (χ0n) is 8.84. The monoisotopic (exact) mass is 229 g/mol. The lowest BCUT2D eigenvalue weighted by Gasteiger charge is -2.19. The van der Waals surface area contributed by atoms with E-state index in [0.29, 0.717) is 18.9 Å². The van der Waals surface area contributed by atoms with E-state index >= 15 is 0 Å². The molecule has 0 atom stereocenters. The normalized spacial score (nSPS) is 11.4. The van der Waals surface area contributed by atoms with Crippen LogP contribution in [0.2, 0.25) is 0 Å². The van der Waals surface area contributed by atoms with Gasteiger partial charge in [-0.05, 0) is 12.1 Å². The van der Waals surface area contributed by atoms with E-state index in [2.05, 4.69) is 4.98 Å². The Morgan fingerprint density at radius 3 is 2.73 bits per heavy atom. The molecule has 2 N–H and O–H groups in total. The van der Waals surface area contributed by atoms with E-state index in [9.17, 15) is 8.42 Å². The fourth-order valence-corrected chi connectivity index (χ4v) is 2.12. The fraction of sp³-hybridized carbons (Fsp3) is 0.444. The van der Waals surface area contributed by atoms with Gasteiger partial charge in [0.25, 0.3) is 0 Å². The molecular formula is C9H15N3O2S. The molecule has 0 unspecified atom stereocenters. The standard InChI is InChI=1S/C9H15N3O2S/c1-12(7-5-10)9-8(15(2,13)14)4-3-6-11-9/h3-4,6H,5,7,10H2,1-2H3. The van der Waals surface area contributed by atoms with Crippen LogP contribution in [0.4, 0.5) is 5.82 Å². The minimum absolute atomic E-state index is 0.237. The second-order valence-electron chi connectivity index (χ2n) is 3.31. The number of hydrogen-bond acceptors (Lipinski definition) is 5. The Kier molecular flexibility index (Phi) is 3.65. The minimum Gasteiger partial charge on any atom is -0.357 e. The second kappa shape index (κ2) is 4.59. The Bertz CT molecular complexity index is 431. The van der Waals surface area contributed by atoms with E-state index in [1.807, 2.05) is 0 Å². The fourth-order valence-electron chi connectivity index (χ4n) is 1.26. The highest BCUT2D eigenvalue weighted by Gasteiger charge is 2.16. The van der Waals surface area contributed by atoms with E-state index in [0.717, 1.165) is 0 Å². The summed E-state index contributed by atoms with van der Waals surface area (Å²) in [4.78, 5) is 6.02. The second-order valence-corrected chi connectivity index (χ2v) is 5.29. The molecule has 0 bridgehead atoms. The average molecular weight is 229 g/mol. The van der Waals surface area contributed by atoms with Crippen molar-refractivity contribution < 1.29 is 8.42 Å². The van der Waals surface area contributed by atoms with Crippen molar-refractivity contribution >= 4 is 15.7 Å². The van der Waals surface area contributed by atoms with E-state index in [4.69, 9.17) is 5.73 Å². The van der Waals surface area contributed by atoms with Crippen molar-refractivity contribution in [2.45, 2.75) is 4.90 Å². The molecule has 84 valence electrons. The van der Waals surface area contributed by atoms with Gasteiger partial charge in [-0.3, -0.25) is 0 Å². The van der Waals surface area contributed by atoms with Crippen LogP contribution in [0.5, 0.6) is 0 Å². The maximum absolute atomic E-state index is 11.5. The van der Waals surface area contributed by atoms with Gasteiger partial charge in [0.2, 0.25) is 0 Å².